The van der Waals surface area contributed by atoms with Gasteiger partial charge >= 0.3 is 0 Å². The number of hydrogen-bond acceptors (Lipinski definition) is 3. The van der Waals surface area contributed by atoms with Gasteiger partial charge in [0, 0.05) is 32.3 Å². The second-order valence-corrected chi connectivity index (χ2v) is 5.33. The third kappa shape index (κ3) is 3.72. The van der Waals surface area contributed by atoms with Gasteiger partial charge in [-0.25, -0.2) is 0 Å². The second kappa shape index (κ2) is 6.58. The van der Waals surface area contributed by atoms with E-state index in [2.05, 4.69) is 25.7 Å². The smallest absolute Gasteiger partial charge is 0.0823 e. The minimum Gasteiger partial charge on any atom is -0.376 e. The summed E-state index contributed by atoms with van der Waals surface area (Å²) >= 11 is 0. The van der Waals surface area contributed by atoms with E-state index in [1.54, 1.807) is 0 Å². The fourth-order valence-electron chi connectivity index (χ4n) is 2.77. The van der Waals surface area contributed by atoms with Gasteiger partial charge in [-0.1, -0.05) is 13.8 Å². The van der Waals surface area contributed by atoms with Gasteiger partial charge in [0.2, 0.25) is 0 Å². The third-order valence-corrected chi connectivity index (χ3v) is 3.82. The Kier molecular flexibility index (Phi) is 5.73. The van der Waals surface area contributed by atoms with E-state index >= 15 is 0 Å². The monoisotopic (exact) mass is 228 g/mol. The molecule has 1 aliphatic rings. The van der Waals surface area contributed by atoms with Crippen molar-refractivity contribution in [1.29, 1.82) is 0 Å². The van der Waals surface area contributed by atoms with Crippen LogP contribution in [0.3, 0.4) is 0 Å². The predicted molar refractivity (Wildman–Crippen MR) is 68.4 cm³/mol. The molecular weight excluding hydrogens is 200 g/mol. The molecule has 96 valence electrons. The molecule has 0 saturated carbocycles. The molecule has 0 aromatic heterocycles. The van der Waals surface area contributed by atoms with Crippen LogP contribution >= 0.6 is 0 Å². The summed E-state index contributed by atoms with van der Waals surface area (Å²) in [6.45, 7) is 12.6. The first kappa shape index (κ1) is 13.9. The standard InChI is InChI=1S/C13H28N2O/c1-5-16-13(7-14)9-15-8-10(2)6-11(3)12(15)4/h10-13H,5-9,14H2,1-4H3. The Morgan fingerprint density at radius 2 is 2.06 bits per heavy atom. The number of nitrogens with two attached hydrogens (primary N) is 1. The van der Waals surface area contributed by atoms with Crippen LogP contribution in [0.4, 0.5) is 0 Å². The number of hydrogen-bond donors (Lipinski definition) is 1. The lowest BCUT2D eigenvalue weighted by atomic mass is 9.86. The summed E-state index contributed by atoms with van der Waals surface area (Å²) in [4.78, 5) is 2.55. The molecule has 0 aliphatic carbocycles. The molecule has 0 bridgehead atoms. The van der Waals surface area contributed by atoms with E-state index < -0.39 is 0 Å². The first-order valence-corrected chi connectivity index (χ1v) is 6.64. The number of piperidine rings is 1. The molecule has 1 heterocycles. The highest BCUT2D eigenvalue weighted by Gasteiger charge is 2.29. The highest BCUT2D eigenvalue weighted by atomic mass is 16.5. The molecule has 16 heavy (non-hydrogen) atoms. The lowest BCUT2D eigenvalue weighted by Gasteiger charge is -2.42. The Labute approximate surface area is 100 Å². The Morgan fingerprint density at radius 1 is 1.38 bits per heavy atom. The summed E-state index contributed by atoms with van der Waals surface area (Å²) in [6, 6.07) is 0.658. The van der Waals surface area contributed by atoms with Crippen LogP contribution in [0.25, 0.3) is 0 Å². The van der Waals surface area contributed by atoms with Gasteiger partial charge in [0.1, 0.15) is 0 Å². The van der Waals surface area contributed by atoms with Crippen molar-refractivity contribution in [2.24, 2.45) is 17.6 Å². The Morgan fingerprint density at radius 3 is 2.62 bits per heavy atom. The highest BCUT2D eigenvalue weighted by Crippen LogP contribution is 2.26. The maximum atomic E-state index is 5.74. The molecule has 0 radical (unpaired) electrons. The van der Waals surface area contributed by atoms with Crippen molar-refractivity contribution >= 4 is 0 Å². The van der Waals surface area contributed by atoms with Crippen molar-refractivity contribution < 1.29 is 4.74 Å². The molecule has 4 atom stereocenters. The average Bonchev–Trinajstić information content (AvgIpc) is 2.24. The van der Waals surface area contributed by atoms with Gasteiger partial charge in [0.25, 0.3) is 0 Å². The minimum atomic E-state index is 0.199. The van der Waals surface area contributed by atoms with E-state index in [4.69, 9.17) is 10.5 Å². The van der Waals surface area contributed by atoms with E-state index in [0.29, 0.717) is 12.6 Å². The van der Waals surface area contributed by atoms with E-state index in [1.807, 2.05) is 6.92 Å². The van der Waals surface area contributed by atoms with Gasteiger partial charge in [0.15, 0.2) is 0 Å². The number of nitrogens with zero attached hydrogens (tertiary/aromatic N) is 1. The molecule has 2 N–H and O–H groups in total. The molecule has 3 nitrogen and oxygen atoms in total. The van der Waals surface area contributed by atoms with Crippen molar-refractivity contribution in [2.75, 3.05) is 26.2 Å². The molecular formula is C13H28N2O. The zero-order chi connectivity index (χ0) is 12.1. The normalized spacial score (nSPS) is 33.9. The van der Waals surface area contributed by atoms with Gasteiger partial charge in [-0.05, 0) is 32.1 Å². The summed E-state index contributed by atoms with van der Waals surface area (Å²) in [5, 5.41) is 0. The van der Waals surface area contributed by atoms with Crippen LogP contribution in [-0.4, -0.2) is 43.3 Å². The quantitative estimate of drug-likeness (QED) is 0.778. The van der Waals surface area contributed by atoms with Crippen LogP contribution in [0.1, 0.15) is 34.1 Å². The zero-order valence-electron chi connectivity index (χ0n) is 11.3. The van der Waals surface area contributed by atoms with Gasteiger partial charge in [0.05, 0.1) is 6.10 Å². The largest absolute Gasteiger partial charge is 0.376 e. The number of likely N-dealkylation sites (tertiary alicyclic amines) is 1. The summed E-state index contributed by atoms with van der Waals surface area (Å²) < 4.78 is 5.65. The van der Waals surface area contributed by atoms with Crippen molar-refractivity contribution in [3.8, 4) is 0 Å². The Bertz CT molecular complexity index is 198. The molecule has 1 fully saturated rings. The van der Waals surface area contributed by atoms with Crippen LogP contribution in [0.15, 0.2) is 0 Å². The highest BCUT2D eigenvalue weighted by molar-refractivity contribution is 4.83. The average molecular weight is 228 g/mol. The molecule has 4 unspecified atom stereocenters. The van der Waals surface area contributed by atoms with Crippen molar-refractivity contribution in [1.82, 2.24) is 4.90 Å². The van der Waals surface area contributed by atoms with Crippen LogP contribution in [0.2, 0.25) is 0 Å². The lowest BCUT2D eigenvalue weighted by Crippen LogP contribution is -2.50. The van der Waals surface area contributed by atoms with Crippen molar-refractivity contribution in [3.05, 3.63) is 0 Å². The predicted octanol–water partition coefficient (Wildman–Crippen LogP) is 1.72. The molecule has 0 spiro atoms. The van der Waals surface area contributed by atoms with Crippen molar-refractivity contribution in [3.63, 3.8) is 0 Å². The maximum absolute atomic E-state index is 5.74. The van der Waals surface area contributed by atoms with Gasteiger partial charge in [-0.3, -0.25) is 4.90 Å². The fourth-order valence-corrected chi connectivity index (χ4v) is 2.77. The SMILES string of the molecule is CCOC(CN)CN1CC(C)CC(C)C1C. The van der Waals surface area contributed by atoms with Gasteiger partial charge < -0.3 is 10.5 Å². The lowest BCUT2D eigenvalue weighted by molar-refractivity contribution is -0.000145. The first-order valence-electron chi connectivity index (χ1n) is 6.64. The zero-order valence-corrected chi connectivity index (χ0v) is 11.3. The topological polar surface area (TPSA) is 38.5 Å². The number of rotatable bonds is 5. The van der Waals surface area contributed by atoms with E-state index in [-0.39, 0.29) is 6.10 Å². The molecule has 1 aliphatic heterocycles. The molecule has 1 rings (SSSR count). The molecule has 0 aromatic rings. The molecule has 0 aromatic carbocycles. The van der Waals surface area contributed by atoms with Crippen LogP contribution < -0.4 is 5.73 Å². The number of ether oxygens (including phenoxy) is 1. The summed E-state index contributed by atoms with van der Waals surface area (Å²) in [5.41, 5.74) is 5.74. The van der Waals surface area contributed by atoms with Gasteiger partial charge in [-0.2, -0.15) is 0 Å². The summed E-state index contributed by atoms with van der Waals surface area (Å²) in [5.74, 6) is 1.58. The van der Waals surface area contributed by atoms with E-state index in [1.165, 1.54) is 13.0 Å². The van der Waals surface area contributed by atoms with Gasteiger partial charge in [-0.15, -0.1) is 0 Å². The van der Waals surface area contributed by atoms with Crippen LogP contribution in [0, 0.1) is 11.8 Å². The summed E-state index contributed by atoms with van der Waals surface area (Å²) in [7, 11) is 0. The molecule has 3 heteroatoms. The third-order valence-electron chi connectivity index (χ3n) is 3.82. The maximum Gasteiger partial charge on any atom is 0.0823 e. The fraction of sp³-hybridized carbons (Fsp3) is 1.00. The minimum absolute atomic E-state index is 0.199. The van der Waals surface area contributed by atoms with Crippen LogP contribution in [-0.2, 0) is 4.74 Å². The van der Waals surface area contributed by atoms with E-state index in [9.17, 15) is 0 Å². The Hall–Kier alpha value is -0.120. The molecule has 0 amide bonds. The van der Waals surface area contributed by atoms with E-state index in [0.717, 1.165) is 25.0 Å². The van der Waals surface area contributed by atoms with Crippen LogP contribution in [0.5, 0.6) is 0 Å². The first-order chi connectivity index (χ1) is 7.58. The molecule has 1 saturated heterocycles. The Balaban J connectivity index is 2.49. The summed E-state index contributed by atoms with van der Waals surface area (Å²) in [6.07, 6.45) is 1.55. The van der Waals surface area contributed by atoms with Crippen molar-refractivity contribution in [2.45, 2.75) is 46.3 Å². The second-order valence-electron chi connectivity index (χ2n) is 5.33.